The van der Waals surface area contributed by atoms with Crippen molar-refractivity contribution >= 4 is 0 Å². The van der Waals surface area contributed by atoms with E-state index in [1.54, 1.807) is 4.90 Å². The first-order valence-corrected chi connectivity index (χ1v) is 3.95. The average molecular weight is 164 g/mol. The first kappa shape index (κ1) is 9.23. The number of hydrogen-bond donors (Lipinski definition) is 1. The highest BCUT2D eigenvalue weighted by Gasteiger charge is 2.06. The lowest BCUT2D eigenvalue weighted by Gasteiger charge is -2.15. The Bertz CT molecular complexity index is 221. The van der Waals surface area contributed by atoms with Crippen molar-refractivity contribution in [2.45, 2.75) is 6.10 Å². The van der Waals surface area contributed by atoms with Crippen LogP contribution in [-0.4, -0.2) is 23.6 Å². The topological polar surface area (TPSA) is 23.5 Å². The number of aliphatic hydroxyl groups is 1. The van der Waals surface area contributed by atoms with Crippen molar-refractivity contribution in [3.8, 4) is 0 Å². The quantitative estimate of drug-likeness (QED) is 0.730. The molecule has 1 aromatic rings. The van der Waals surface area contributed by atoms with Gasteiger partial charge in [0.25, 0.3) is 0 Å². The van der Waals surface area contributed by atoms with Crippen LogP contribution >= 0.6 is 0 Å². The molecule has 1 N–H and O–H groups in total. The lowest BCUT2D eigenvalue weighted by Crippen LogP contribution is -2.17. The highest BCUT2D eigenvalue weighted by molar-refractivity contribution is 5.17. The smallest absolute Gasteiger partial charge is 0.0916 e. The van der Waals surface area contributed by atoms with Crippen LogP contribution in [-0.2, 0) is 0 Å². The number of aliphatic hydroxyl groups excluding tert-OH is 1. The fourth-order valence-corrected chi connectivity index (χ4v) is 1.08. The van der Waals surface area contributed by atoms with E-state index in [1.165, 1.54) is 0 Å². The molecule has 65 valence electrons. The molecule has 2 nitrogen and oxygen atoms in total. The molecule has 0 saturated carbocycles. The average Bonchev–Trinajstić information content (AvgIpc) is 2.05. The third-order valence-electron chi connectivity index (χ3n) is 1.67. The van der Waals surface area contributed by atoms with Crippen molar-refractivity contribution in [3.63, 3.8) is 0 Å². The number of benzene rings is 1. The normalized spacial score (nSPS) is 13.3. The zero-order valence-corrected chi connectivity index (χ0v) is 7.27. The van der Waals surface area contributed by atoms with Crippen LogP contribution < -0.4 is 0 Å². The van der Waals surface area contributed by atoms with E-state index in [2.05, 4.69) is 7.05 Å². The van der Waals surface area contributed by atoms with E-state index in [9.17, 15) is 5.11 Å². The Kier molecular flexibility index (Phi) is 3.26. The minimum atomic E-state index is -0.436. The molecule has 1 aromatic carbocycles. The molecule has 0 bridgehead atoms. The predicted octanol–water partition coefficient (Wildman–Crippen LogP) is 1.44. The van der Waals surface area contributed by atoms with Gasteiger partial charge in [-0.1, -0.05) is 30.3 Å². The van der Waals surface area contributed by atoms with Crippen molar-refractivity contribution in [2.75, 3.05) is 13.6 Å². The zero-order chi connectivity index (χ0) is 8.97. The summed E-state index contributed by atoms with van der Waals surface area (Å²) < 4.78 is 0. The molecule has 1 unspecified atom stereocenters. The second-order valence-corrected chi connectivity index (χ2v) is 2.97. The standard InChI is InChI=1S/C10H14NO/c1-11(2)8-10(12)9-6-4-3-5-7-9/h3-7,10,12H,1,8H2,2H3. The number of likely N-dealkylation sites (N-methyl/N-ethyl adjacent to an activating group) is 1. The second kappa shape index (κ2) is 4.24. The molecule has 1 atom stereocenters. The van der Waals surface area contributed by atoms with Gasteiger partial charge in [0.15, 0.2) is 0 Å². The van der Waals surface area contributed by atoms with Crippen molar-refractivity contribution in [2.24, 2.45) is 0 Å². The van der Waals surface area contributed by atoms with Crippen LogP contribution in [0.25, 0.3) is 0 Å². The Balaban J connectivity index is 2.59. The third kappa shape index (κ3) is 2.64. The molecule has 0 heterocycles. The molecule has 0 aliphatic heterocycles. The second-order valence-electron chi connectivity index (χ2n) is 2.97. The van der Waals surface area contributed by atoms with Crippen LogP contribution in [0.15, 0.2) is 30.3 Å². The predicted molar refractivity (Wildman–Crippen MR) is 49.4 cm³/mol. The van der Waals surface area contributed by atoms with Crippen LogP contribution in [0, 0.1) is 7.05 Å². The summed E-state index contributed by atoms with van der Waals surface area (Å²) in [5.41, 5.74) is 0.938. The van der Waals surface area contributed by atoms with Crippen molar-refractivity contribution in [1.82, 2.24) is 4.90 Å². The summed E-state index contributed by atoms with van der Waals surface area (Å²) in [6, 6.07) is 9.59. The maximum atomic E-state index is 9.61. The number of hydrogen-bond acceptors (Lipinski definition) is 2. The number of nitrogens with zero attached hydrogens (tertiary/aromatic N) is 1. The SMILES string of the molecule is [CH2]N(C)CC(O)c1ccccc1. The van der Waals surface area contributed by atoms with Crippen molar-refractivity contribution in [3.05, 3.63) is 42.9 Å². The Morgan fingerprint density at radius 1 is 1.42 bits per heavy atom. The van der Waals surface area contributed by atoms with E-state index >= 15 is 0 Å². The van der Waals surface area contributed by atoms with Gasteiger partial charge in [-0.25, -0.2) is 0 Å². The Hall–Kier alpha value is -0.860. The van der Waals surface area contributed by atoms with Crippen LogP contribution in [0.4, 0.5) is 0 Å². The first-order valence-electron chi connectivity index (χ1n) is 3.95. The summed E-state index contributed by atoms with van der Waals surface area (Å²) in [6.45, 7) is 0.560. The van der Waals surface area contributed by atoms with Gasteiger partial charge in [-0.15, -0.1) is 0 Å². The van der Waals surface area contributed by atoms with Crippen LogP contribution in [0.5, 0.6) is 0 Å². The summed E-state index contributed by atoms with van der Waals surface area (Å²) in [5.74, 6) is 0. The molecule has 1 rings (SSSR count). The molecule has 0 aliphatic rings. The highest BCUT2D eigenvalue weighted by Crippen LogP contribution is 2.11. The molecule has 1 radical (unpaired) electrons. The maximum Gasteiger partial charge on any atom is 0.0916 e. The lowest BCUT2D eigenvalue weighted by atomic mass is 10.1. The minimum Gasteiger partial charge on any atom is -0.387 e. The summed E-state index contributed by atoms with van der Waals surface area (Å²) in [7, 11) is 5.52. The summed E-state index contributed by atoms with van der Waals surface area (Å²) in [4.78, 5) is 1.72. The van der Waals surface area contributed by atoms with Gasteiger partial charge in [0.1, 0.15) is 0 Å². The maximum absolute atomic E-state index is 9.61. The Morgan fingerprint density at radius 3 is 2.50 bits per heavy atom. The molecule has 12 heavy (non-hydrogen) atoms. The van der Waals surface area contributed by atoms with Gasteiger partial charge in [-0.05, 0) is 12.6 Å². The summed E-state index contributed by atoms with van der Waals surface area (Å²) in [5, 5.41) is 9.61. The van der Waals surface area contributed by atoms with Crippen LogP contribution in [0.2, 0.25) is 0 Å². The number of rotatable bonds is 3. The molecule has 0 fully saturated rings. The summed E-state index contributed by atoms with van der Waals surface area (Å²) in [6.07, 6.45) is -0.436. The van der Waals surface area contributed by atoms with E-state index in [4.69, 9.17) is 0 Å². The van der Waals surface area contributed by atoms with Gasteiger partial charge in [-0.3, -0.25) is 0 Å². The molecule has 0 aromatic heterocycles. The fraction of sp³-hybridized carbons (Fsp3) is 0.300. The fourth-order valence-electron chi connectivity index (χ4n) is 1.08. The van der Waals surface area contributed by atoms with Gasteiger partial charge < -0.3 is 10.0 Å². The van der Waals surface area contributed by atoms with Gasteiger partial charge in [0, 0.05) is 13.6 Å². The molecule has 0 spiro atoms. The van der Waals surface area contributed by atoms with Gasteiger partial charge in [-0.2, -0.15) is 0 Å². The van der Waals surface area contributed by atoms with Gasteiger partial charge >= 0.3 is 0 Å². The van der Waals surface area contributed by atoms with E-state index in [-0.39, 0.29) is 0 Å². The van der Waals surface area contributed by atoms with E-state index in [0.717, 1.165) is 5.56 Å². The Morgan fingerprint density at radius 2 is 2.00 bits per heavy atom. The molecule has 0 aliphatic carbocycles. The lowest BCUT2D eigenvalue weighted by molar-refractivity contribution is 0.144. The van der Waals surface area contributed by atoms with Crippen LogP contribution in [0.3, 0.4) is 0 Å². The first-order chi connectivity index (χ1) is 5.70. The zero-order valence-electron chi connectivity index (χ0n) is 7.27. The molecule has 2 heteroatoms. The van der Waals surface area contributed by atoms with Gasteiger partial charge in [0.2, 0.25) is 0 Å². The van der Waals surface area contributed by atoms with E-state index in [0.29, 0.717) is 6.54 Å². The Labute approximate surface area is 73.4 Å². The summed E-state index contributed by atoms with van der Waals surface area (Å²) >= 11 is 0. The van der Waals surface area contributed by atoms with Crippen molar-refractivity contribution in [1.29, 1.82) is 0 Å². The van der Waals surface area contributed by atoms with Crippen molar-refractivity contribution < 1.29 is 5.11 Å². The molecular formula is C10H14NO. The van der Waals surface area contributed by atoms with E-state index < -0.39 is 6.10 Å². The third-order valence-corrected chi connectivity index (χ3v) is 1.67. The molecule has 0 saturated heterocycles. The largest absolute Gasteiger partial charge is 0.387 e. The highest BCUT2D eigenvalue weighted by atomic mass is 16.3. The van der Waals surface area contributed by atoms with Gasteiger partial charge in [0.05, 0.1) is 6.10 Å². The van der Waals surface area contributed by atoms with E-state index in [1.807, 2.05) is 37.4 Å². The molecular weight excluding hydrogens is 150 g/mol. The monoisotopic (exact) mass is 164 g/mol. The minimum absolute atomic E-state index is 0.436. The van der Waals surface area contributed by atoms with Crippen LogP contribution in [0.1, 0.15) is 11.7 Å². The molecule has 0 amide bonds.